The third-order valence-corrected chi connectivity index (χ3v) is 7.49. The van der Waals surface area contributed by atoms with Gasteiger partial charge in [-0.25, -0.2) is 4.98 Å². The van der Waals surface area contributed by atoms with E-state index in [1.165, 1.54) is 11.8 Å². The van der Waals surface area contributed by atoms with Gasteiger partial charge in [-0.3, -0.25) is 5.01 Å². The SMILES string of the molecule is FC(F)(F)c1cc(Nc2ncc(-c3cnn(N4CCCCC4)c3)c(Nc3ccc4c(c3)CNCC4)n2)cc(C(F)(F)F)c1. The summed E-state index contributed by atoms with van der Waals surface area (Å²) in [5.41, 5.74) is 0.991. The van der Waals surface area contributed by atoms with E-state index in [0.29, 0.717) is 35.6 Å². The zero-order chi connectivity index (χ0) is 30.2. The zero-order valence-corrected chi connectivity index (χ0v) is 22.9. The van der Waals surface area contributed by atoms with Crippen LogP contribution in [0.25, 0.3) is 11.1 Å². The second kappa shape index (κ2) is 11.4. The van der Waals surface area contributed by atoms with Crippen LogP contribution in [0.15, 0.2) is 55.0 Å². The average molecular weight is 603 g/mol. The van der Waals surface area contributed by atoms with Gasteiger partial charge in [-0.2, -0.15) is 41.2 Å². The number of anilines is 4. The molecule has 4 heterocycles. The molecule has 43 heavy (non-hydrogen) atoms. The van der Waals surface area contributed by atoms with Crippen molar-refractivity contribution in [3.8, 4) is 11.1 Å². The number of hydrogen-bond acceptors (Lipinski definition) is 7. The smallest absolute Gasteiger partial charge is 0.340 e. The number of aromatic nitrogens is 4. The molecule has 6 rings (SSSR count). The molecule has 0 unspecified atom stereocenters. The van der Waals surface area contributed by atoms with Crippen LogP contribution in [0.4, 0.5) is 49.5 Å². The molecule has 2 aromatic carbocycles. The highest BCUT2D eigenvalue weighted by molar-refractivity contribution is 5.78. The number of hydrogen-bond donors (Lipinski definition) is 3. The van der Waals surface area contributed by atoms with Crippen LogP contribution in [0.5, 0.6) is 0 Å². The van der Waals surface area contributed by atoms with E-state index in [1.54, 1.807) is 11.0 Å². The molecule has 0 saturated carbocycles. The lowest BCUT2D eigenvalue weighted by atomic mass is 10.0. The maximum absolute atomic E-state index is 13.4. The number of fused-ring (bicyclic) bond motifs is 1. The van der Waals surface area contributed by atoms with Crippen molar-refractivity contribution in [1.82, 2.24) is 25.2 Å². The fourth-order valence-electron chi connectivity index (χ4n) is 5.29. The molecular weight excluding hydrogens is 574 g/mol. The first-order chi connectivity index (χ1) is 20.5. The van der Waals surface area contributed by atoms with E-state index >= 15 is 0 Å². The molecule has 0 atom stereocenters. The molecule has 4 aromatic rings. The minimum Gasteiger partial charge on any atom is -0.340 e. The lowest BCUT2D eigenvalue weighted by molar-refractivity contribution is -0.143. The lowest BCUT2D eigenvalue weighted by Crippen LogP contribution is -2.39. The van der Waals surface area contributed by atoms with Gasteiger partial charge in [-0.1, -0.05) is 6.07 Å². The average Bonchev–Trinajstić information content (AvgIpc) is 3.47. The molecule has 2 aliphatic rings. The van der Waals surface area contributed by atoms with Gasteiger partial charge in [0.05, 0.1) is 23.5 Å². The van der Waals surface area contributed by atoms with Crippen molar-refractivity contribution in [3.05, 3.63) is 77.2 Å². The van der Waals surface area contributed by atoms with Gasteiger partial charge in [0, 0.05) is 48.3 Å². The summed E-state index contributed by atoms with van der Waals surface area (Å²) >= 11 is 0. The molecule has 0 spiro atoms. The summed E-state index contributed by atoms with van der Waals surface area (Å²) in [5, 5.41) is 15.8. The summed E-state index contributed by atoms with van der Waals surface area (Å²) in [6.07, 6.45) is -0.799. The third-order valence-electron chi connectivity index (χ3n) is 7.49. The highest BCUT2D eigenvalue weighted by Gasteiger charge is 2.37. The van der Waals surface area contributed by atoms with Crippen LogP contribution in [0.1, 0.15) is 41.5 Å². The Bertz CT molecular complexity index is 1580. The van der Waals surface area contributed by atoms with Gasteiger partial charge in [0.1, 0.15) is 5.82 Å². The largest absolute Gasteiger partial charge is 0.416 e. The van der Waals surface area contributed by atoms with Crippen LogP contribution in [0.2, 0.25) is 0 Å². The van der Waals surface area contributed by atoms with Crippen molar-refractivity contribution in [3.63, 3.8) is 0 Å². The van der Waals surface area contributed by atoms with E-state index in [1.807, 2.05) is 24.4 Å². The number of alkyl halides is 6. The van der Waals surface area contributed by atoms with E-state index in [4.69, 9.17) is 0 Å². The quantitative estimate of drug-likeness (QED) is 0.214. The van der Waals surface area contributed by atoms with Crippen LogP contribution in [0, 0.1) is 0 Å². The van der Waals surface area contributed by atoms with Crippen LogP contribution < -0.4 is 21.0 Å². The van der Waals surface area contributed by atoms with Crippen molar-refractivity contribution < 1.29 is 26.3 Å². The zero-order valence-electron chi connectivity index (χ0n) is 22.9. The number of halogens is 6. The molecular formula is C29H28F6N8. The molecule has 0 amide bonds. The highest BCUT2D eigenvalue weighted by atomic mass is 19.4. The standard InChI is InChI=1S/C29H28F6N8/c30-28(31,32)21-11-22(29(33,34)35)13-24(12-21)40-27-37-16-25(20-15-38-43(17-20)42-8-2-1-3-9-42)26(41-27)39-23-5-4-18-6-7-36-14-19(18)10-23/h4-5,10-13,15-17,36H,1-3,6-9,14H2,(H2,37,39,40,41). The summed E-state index contributed by atoms with van der Waals surface area (Å²) in [4.78, 5) is 10.5. The van der Waals surface area contributed by atoms with Crippen LogP contribution >= 0.6 is 0 Å². The predicted octanol–water partition coefficient (Wildman–Crippen LogP) is 6.63. The van der Waals surface area contributed by atoms with Gasteiger partial charge >= 0.3 is 12.4 Å². The first-order valence-electron chi connectivity index (χ1n) is 13.9. The van der Waals surface area contributed by atoms with Crippen molar-refractivity contribution >= 4 is 23.1 Å². The Morgan fingerprint density at radius 1 is 0.791 bits per heavy atom. The lowest BCUT2D eigenvalue weighted by Gasteiger charge is -2.28. The molecule has 14 heteroatoms. The number of rotatable bonds is 6. The Balaban J connectivity index is 1.37. The van der Waals surface area contributed by atoms with Gasteiger partial charge in [0.2, 0.25) is 5.95 Å². The maximum atomic E-state index is 13.4. The molecule has 3 N–H and O–H groups in total. The van der Waals surface area contributed by atoms with Crippen molar-refractivity contribution in [1.29, 1.82) is 0 Å². The summed E-state index contributed by atoms with van der Waals surface area (Å²) < 4.78 is 80.6. The number of nitrogens with zero attached hydrogens (tertiary/aromatic N) is 5. The second-order valence-electron chi connectivity index (χ2n) is 10.6. The first kappa shape index (κ1) is 28.8. The molecule has 2 aromatic heterocycles. The topological polar surface area (TPSA) is 82.9 Å². The Kier molecular flexibility index (Phi) is 7.63. The minimum absolute atomic E-state index is 0.0765. The first-order valence-corrected chi connectivity index (χ1v) is 13.9. The maximum Gasteiger partial charge on any atom is 0.416 e. The van der Waals surface area contributed by atoms with Gasteiger partial charge < -0.3 is 16.0 Å². The monoisotopic (exact) mass is 602 g/mol. The van der Waals surface area contributed by atoms with Crippen molar-refractivity contribution in [2.24, 2.45) is 0 Å². The molecule has 1 fully saturated rings. The number of benzene rings is 2. The molecule has 0 bridgehead atoms. The summed E-state index contributed by atoms with van der Waals surface area (Å²) in [7, 11) is 0. The number of piperidine rings is 1. The Morgan fingerprint density at radius 2 is 1.53 bits per heavy atom. The van der Waals surface area contributed by atoms with E-state index in [9.17, 15) is 26.3 Å². The second-order valence-corrected chi connectivity index (χ2v) is 10.6. The summed E-state index contributed by atoms with van der Waals surface area (Å²) in [5.74, 6) is 0.129. The van der Waals surface area contributed by atoms with Gasteiger partial charge in [-0.05, 0) is 73.7 Å². The van der Waals surface area contributed by atoms with Crippen LogP contribution in [0.3, 0.4) is 0 Å². The predicted molar refractivity (Wildman–Crippen MR) is 150 cm³/mol. The van der Waals surface area contributed by atoms with Crippen LogP contribution in [-0.4, -0.2) is 39.5 Å². The molecule has 8 nitrogen and oxygen atoms in total. The molecule has 2 aliphatic heterocycles. The van der Waals surface area contributed by atoms with Crippen LogP contribution in [-0.2, 0) is 25.3 Å². The normalized spacial score (nSPS) is 15.7. The van der Waals surface area contributed by atoms with E-state index < -0.39 is 29.2 Å². The third kappa shape index (κ3) is 6.53. The number of nitrogens with one attached hydrogen (secondary N) is 3. The molecule has 1 saturated heterocycles. The Morgan fingerprint density at radius 3 is 2.26 bits per heavy atom. The summed E-state index contributed by atoms with van der Waals surface area (Å²) in [6.45, 7) is 3.32. The van der Waals surface area contributed by atoms with E-state index in [2.05, 4.69) is 36.0 Å². The molecule has 0 aliphatic carbocycles. The Labute approximate surface area is 243 Å². The summed E-state index contributed by atoms with van der Waals surface area (Å²) in [6, 6.07) is 7.18. The Hall–Kier alpha value is -4.33. The molecule has 226 valence electrons. The molecule has 0 radical (unpaired) electrons. The fraction of sp³-hybridized carbons (Fsp3) is 0.345. The highest BCUT2D eigenvalue weighted by Crippen LogP contribution is 2.38. The fourth-order valence-corrected chi connectivity index (χ4v) is 5.29. The van der Waals surface area contributed by atoms with Gasteiger partial charge in [0.25, 0.3) is 0 Å². The van der Waals surface area contributed by atoms with Gasteiger partial charge in [-0.15, -0.1) is 0 Å². The van der Waals surface area contributed by atoms with E-state index in [-0.39, 0.29) is 12.0 Å². The van der Waals surface area contributed by atoms with Crippen molar-refractivity contribution in [2.45, 2.75) is 44.6 Å². The van der Waals surface area contributed by atoms with Gasteiger partial charge in [0.15, 0.2) is 0 Å². The minimum atomic E-state index is -4.98. The van der Waals surface area contributed by atoms with E-state index in [0.717, 1.165) is 56.6 Å². The van der Waals surface area contributed by atoms with Crippen molar-refractivity contribution in [2.75, 3.05) is 35.3 Å².